The summed E-state index contributed by atoms with van der Waals surface area (Å²) in [6, 6.07) is 6.47. The van der Waals surface area contributed by atoms with Crippen LogP contribution in [0.5, 0.6) is 0 Å². The number of rotatable bonds is 7. The number of hydrogen-bond acceptors (Lipinski definition) is 5. The number of aromatic nitrogens is 3. The van der Waals surface area contributed by atoms with E-state index in [1.54, 1.807) is 25.2 Å². The number of aryl methyl sites for hydroxylation is 2. The zero-order chi connectivity index (χ0) is 14.4. The topological polar surface area (TPSA) is 52.0 Å². The van der Waals surface area contributed by atoms with Gasteiger partial charge in [-0.3, -0.25) is 0 Å². The van der Waals surface area contributed by atoms with Gasteiger partial charge in [0.25, 0.3) is 0 Å². The average Bonchev–Trinajstić information content (AvgIpc) is 2.82. The van der Waals surface area contributed by atoms with Gasteiger partial charge in [0, 0.05) is 32.1 Å². The fourth-order valence-corrected chi connectivity index (χ4v) is 2.66. The van der Waals surface area contributed by atoms with E-state index in [0.717, 1.165) is 24.9 Å². The molecule has 2 rings (SSSR count). The molecular formula is C14H20N4OS. The number of nitrogens with zero attached hydrogens (tertiary/aromatic N) is 3. The molecule has 0 bridgehead atoms. The van der Waals surface area contributed by atoms with Crippen LogP contribution in [-0.2, 0) is 18.3 Å². The van der Waals surface area contributed by atoms with E-state index >= 15 is 0 Å². The Morgan fingerprint density at radius 2 is 2.25 bits per heavy atom. The van der Waals surface area contributed by atoms with Crippen LogP contribution < -0.4 is 5.32 Å². The average molecular weight is 292 g/mol. The fourth-order valence-electron chi connectivity index (χ4n) is 1.80. The lowest BCUT2D eigenvalue weighted by atomic mass is 10.1. The van der Waals surface area contributed by atoms with Crippen LogP contribution in [0.1, 0.15) is 11.1 Å². The molecule has 0 amide bonds. The Morgan fingerprint density at radius 1 is 1.40 bits per heavy atom. The predicted molar refractivity (Wildman–Crippen MR) is 79.9 cm³/mol. The second kappa shape index (κ2) is 7.42. The van der Waals surface area contributed by atoms with Crippen molar-refractivity contribution in [3.63, 3.8) is 0 Å². The molecule has 0 aliphatic rings. The van der Waals surface area contributed by atoms with E-state index in [-0.39, 0.29) is 0 Å². The lowest BCUT2D eigenvalue weighted by Gasteiger charge is -2.09. The summed E-state index contributed by atoms with van der Waals surface area (Å²) < 4.78 is 6.93. The number of nitrogens with one attached hydrogen (secondary N) is 1. The van der Waals surface area contributed by atoms with Crippen molar-refractivity contribution in [1.82, 2.24) is 20.1 Å². The minimum absolute atomic E-state index is 0.735. The molecule has 1 aromatic heterocycles. The quantitative estimate of drug-likeness (QED) is 0.791. The van der Waals surface area contributed by atoms with Crippen molar-refractivity contribution in [3.05, 3.63) is 35.7 Å². The van der Waals surface area contributed by atoms with Gasteiger partial charge in [-0.1, -0.05) is 6.07 Å². The smallest absolute Gasteiger partial charge is 0.195 e. The molecule has 0 saturated heterocycles. The van der Waals surface area contributed by atoms with Gasteiger partial charge in [-0.15, -0.1) is 10.2 Å². The summed E-state index contributed by atoms with van der Waals surface area (Å²) >= 11 is 1.62. The highest BCUT2D eigenvalue weighted by atomic mass is 32.2. The maximum atomic E-state index is 5.02. The third-order valence-corrected chi connectivity index (χ3v) is 4.03. The lowest BCUT2D eigenvalue weighted by molar-refractivity contribution is 0.199. The third kappa shape index (κ3) is 4.06. The Balaban J connectivity index is 1.97. The first-order valence-electron chi connectivity index (χ1n) is 6.51. The molecule has 1 heterocycles. The zero-order valence-corrected chi connectivity index (χ0v) is 12.9. The molecule has 0 saturated carbocycles. The molecule has 0 fully saturated rings. The predicted octanol–water partition coefficient (Wildman–Crippen LogP) is 2.01. The van der Waals surface area contributed by atoms with Gasteiger partial charge in [-0.05, 0) is 41.9 Å². The molecule has 0 aliphatic carbocycles. The van der Waals surface area contributed by atoms with E-state index in [1.807, 2.05) is 11.6 Å². The molecule has 108 valence electrons. The molecule has 1 N–H and O–H groups in total. The van der Waals surface area contributed by atoms with Crippen LogP contribution in [0.2, 0.25) is 0 Å². The zero-order valence-electron chi connectivity index (χ0n) is 12.1. The van der Waals surface area contributed by atoms with Crippen molar-refractivity contribution in [2.75, 3.05) is 20.3 Å². The first kappa shape index (κ1) is 15.0. The second-order valence-electron chi connectivity index (χ2n) is 4.58. The van der Waals surface area contributed by atoms with Crippen molar-refractivity contribution in [1.29, 1.82) is 0 Å². The third-order valence-electron chi connectivity index (χ3n) is 2.99. The molecule has 0 spiro atoms. The van der Waals surface area contributed by atoms with Crippen LogP contribution in [0.25, 0.3) is 0 Å². The maximum Gasteiger partial charge on any atom is 0.195 e. The summed E-state index contributed by atoms with van der Waals surface area (Å²) in [4.78, 5) is 1.18. The van der Waals surface area contributed by atoms with Crippen molar-refractivity contribution in [2.45, 2.75) is 23.5 Å². The number of hydrogen-bond donors (Lipinski definition) is 1. The fraction of sp³-hybridized carbons (Fsp3) is 0.429. The van der Waals surface area contributed by atoms with E-state index in [1.165, 1.54) is 16.0 Å². The Bertz CT molecular complexity index is 556. The Labute approximate surface area is 123 Å². The first-order chi connectivity index (χ1) is 9.70. The van der Waals surface area contributed by atoms with Crippen molar-refractivity contribution >= 4 is 11.8 Å². The van der Waals surface area contributed by atoms with Gasteiger partial charge in [0.2, 0.25) is 0 Å². The highest BCUT2D eigenvalue weighted by molar-refractivity contribution is 7.99. The van der Waals surface area contributed by atoms with Crippen LogP contribution in [-0.4, -0.2) is 35.0 Å². The van der Waals surface area contributed by atoms with Crippen LogP contribution >= 0.6 is 11.8 Å². The van der Waals surface area contributed by atoms with Gasteiger partial charge in [0.05, 0.1) is 6.61 Å². The van der Waals surface area contributed by atoms with Gasteiger partial charge >= 0.3 is 0 Å². The Morgan fingerprint density at radius 3 is 2.90 bits per heavy atom. The number of methoxy groups -OCH3 is 1. The van der Waals surface area contributed by atoms with E-state index < -0.39 is 0 Å². The summed E-state index contributed by atoms with van der Waals surface area (Å²) in [7, 11) is 3.66. The molecule has 0 radical (unpaired) electrons. The summed E-state index contributed by atoms with van der Waals surface area (Å²) in [5.74, 6) is 0. The minimum atomic E-state index is 0.735. The van der Waals surface area contributed by atoms with Crippen LogP contribution in [0.3, 0.4) is 0 Å². The van der Waals surface area contributed by atoms with Crippen molar-refractivity contribution < 1.29 is 4.74 Å². The van der Waals surface area contributed by atoms with Crippen molar-refractivity contribution in [3.8, 4) is 0 Å². The van der Waals surface area contributed by atoms with Gasteiger partial charge in [-0.25, -0.2) is 0 Å². The van der Waals surface area contributed by atoms with E-state index in [0.29, 0.717) is 0 Å². The standard InChI is InChI=1S/C14H20N4OS/c1-11-8-13(20-14-17-16-10-18(14)2)5-4-12(11)9-15-6-7-19-3/h4-5,8,10,15H,6-7,9H2,1-3H3. The van der Waals surface area contributed by atoms with Crippen LogP contribution in [0, 0.1) is 6.92 Å². The summed E-state index contributed by atoms with van der Waals surface area (Å²) in [6.07, 6.45) is 1.71. The van der Waals surface area contributed by atoms with E-state index in [9.17, 15) is 0 Å². The van der Waals surface area contributed by atoms with Crippen LogP contribution in [0.15, 0.2) is 34.6 Å². The van der Waals surface area contributed by atoms with Crippen molar-refractivity contribution in [2.24, 2.45) is 7.05 Å². The summed E-state index contributed by atoms with van der Waals surface area (Å²) in [5, 5.41) is 12.2. The largest absolute Gasteiger partial charge is 0.383 e. The van der Waals surface area contributed by atoms with Gasteiger partial charge in [-0.2, -0.15) is 0 Å². The Hall–Kier alpha value is -1.37. The van der Waals surface area contributed by atoms with E-state index in [2.05, 4.69) is 40.6 Å². The number of benzene rings is 1. The minimum Gasteiger partial charge on any atom is -0.383 e. The molecule has 20 heavy (non-hydrogen) atoms. The highest BCUT2D eigenvalue weighted by Gasteiger charge is 2.05. The van der Waals surface area contributed by atoms with Gasteiger partial charge < -0.3 is 14.6 Å². The molecule has 2 aromatic rings. The second-order valence-corrected chi connectivity index (χ2v) is 5.63. The van der Waals surface area contributed by atoms with Gasteiger partial charge in [0.1, 0.15) is 6.33 Å². The maximum absolute atomic E-state index is 5.02. The SMILES string of the molecule is COCCNCc1ccc(Sc2nncn2C)cc1C. The molecule has 6 heteroatoms. The lowest BCUT2D eigenvalue weighted by Crippen LogP contribution is -2.19. The highest BCUT2D eigenvalue weighted by Crippen LogP contribution is 2.27. The Kier molecular flexibility index (Phi) is 5.58. The number of ether oxygens (including phenoxy) is 1. The van der Waals surface area contributed by atoms with E-state index in [4.69, 9.17) is 4.74 Å². The normalized spacial score (nSPS) is 10.9. The molecule has 0 unspecified atom stereocenters. The monoisotopic (exact) mass is 292 g/mol. The summed E-state index contributed by atoms with van der Waals surface area (Å²) in [6.45, 7) is 4.60. The summed E-state index contributed by atoms with van der Waals surface area (Å²) in [5.41, 5.74) is 2.59. The molecule has 5 nitrogen and oxygen atoms in total. The molecule has 0 aliphatic heterocycles. The first-order valence-corrected chi connectivity index (χ1v) is 7.33. The molecular weight excluding hydrogens is 272 g/mol. The molecule has 1 aromatic carbocycles. The van der Waals surface area contributed by atoms with Gasteiger partial charge in [0.15, 0.2) is 5.16 Å². The van der Waals surface area contributed by atoms with Crippen LogP contribution in [0.4, 0.5) is 0 Å². The molecule has 0 atom stereocenters.